The first-order valence-electron chi connectivity index (χ1n) is 10.8. The number of hydrogen-bond acceptors (Lipinski definition) is 3. The van der Waals surface area contributed by atoms with E-state index in [1.165, 1.54) is 6.07 Å². The molecule has 2 aromatic carbocycles. The van der Waals surface area contributed by atoms with Crippen molar-refractivity contribution in [1.29, 1.82) is 0 Å². The average molecular weight is 414 g/mol. The summed E-state index contributed by atoms with van der Waals surface area (Å²) in [6.45, 7) is 3.78. The normalized spacial score (nSPS) is 18.8. The Morgan fingerprint density at radius 2 is 2.07 bits per heavy atom. The number of methoxy groups -OCH3 is 1. The second-order valence-corrected chi connectivity index (χ2v) is 8.35. The van der Waals surface area contributed by atoms with Gasteiger partial charge in [0.1, 0.15) is 5.82 Å². The number of unbranched alkanes of at least 4 members (excludes halogenated alkanes) is 1. The summed E-state index contributed by atoms with van der Waals surface area (Å²) in [5.74, 6) is -0.485. The summed E-state index contributed by atoms with van der Waals surface area (Å²) in [6.07, 6.45) is 4.55. The van der Waals surface area contributed by atoms with Gasteiger partial charge in [-0.15, -0.1) is 0 Å². The predicted octanol–water partition coefficient (Wildman–Crippen LogP) is 4.67. The van der Waals surface area contributed by atoms with E-state index in [4.69, 9.17) is 4.74 Å². The van der Waals surface area contributed by atoms with Crippen molar-refractivity contribution in [1.82, 2.24) is 4.90 Å². The minimum absolute atomic E-state index is 0.149. The van der Waals surface area contributed by atoms with Crippen LogP contribution in [0.5, 0.6) is 0 Å². The van der Waals surface area contributed by atoms with E-state index in [1.54, 1.807) is 18.1 Å². The third kappa shape index (κ3) is 4.90. The lowest BCUT2D eigenvalue weighted by atomic mass is 9.72. The Morgan fingerprint density at radius 1 is 1.27 bits per heavy atom. The number of hydrogen-bond donors (Lipinski definition) is 1. The number of aliphatic hydroxyl groups is 1. The molecule has 1 saturated heterocycles. The molecule has 0 bridgehead atoms. The quantitative estimate of drug-likeness (QED) is 0.480. The number of benzene rings is 2. The predicted molar refractivity (Wildman–Crippen MR) is 117 cm³/mol. The van der Waals surface area contributed by atoms with Crippen LogP contribution in [0, 0.1) is 18.7 Å². The second-order valence-electron chi connectivity index (χ2n) is 8.35. The topological polar surface area (TPSA) is 49.8 Å². The maximum Gasteiger partial charge on any atom is 0.209 e. The van der Waals surface area contributed by atoms with Gasteiger partial charge in [0, 0.05) is 38.3 Å². The van der Waals surface area contributed by atoms with Gasteiger partial charge in [0.15, 0.2) is 0 Å². The molecule has 1 fully saturated rings. The minimum Gasteiger partial charge on any atom is -0.385 e. The largest absolute Gasteiger partial charge is 0.385 e. The molecule has 0 aromatic heterocycles. The number of carbonyl (C=O) groups is 1. The van der Waals surface area contributed by atoms with E-state index in [-0.39, 0.29) is 11.7 Å². The van der Waals surface area contributed by atoms with Crippen LogP contribution in [0.1, 0.15) is 43.2 Å². The van der Waals surface area contributed by atoms with E-state index in [2.05, 4.69) is 0 Å². The van der Waals surface area contributed by atoms with E-state index >= 15 is 4.39 Å². The molecule has 1 amide bonds. The third-order valence-corrected chi connectivity index (χ3v) is 6.22. The van der Waals surface area contributed by atoms with Crippen LogP contribution in [0.2, 0.25) is 0 Å². The highest BCUT2D eigenvalue weighted by atomic mass is 19.1. The zero-order valence-corrected chi connectivity index (χ0v) is 17.9. The van der Waals surface area contributed by atoms with Gasteiger partial charge in [0.05, 0.1) is 5.60 Å². The number of halogens is 1. The van der Waals surface area contributed by atoms with Gasteiger partial charge >= 0.3 is 0 Å². The second kappa shape index (κ2) is 10.2. The van der Waals surface area contributed by atoms with Gasteiger partial charge in [-0.2, -0.15) is 0 Å². The molecule has 1 aliphatic rings. The van der Waals surface area contributed by atoms with E-state index in [9.17, 15) is 9.90 Å². The molecule has 0 spiro atoms. The molecule has 162 valence electrons. The molecule has 1 unspecified atom stereocenters. The Morgan fingerprint density at radius 3 is 2.80 bits per heavy atom. The Balaban J connectivity index is 2.07. The Bertz CT molecular complexity index is 856. The van der Waals surface area contributed by atoms with Crippen molar-refractivity contribution in [3.8, 4) is 11.1 Å². The standard InChI is InChI=1S/C25H32FNO3/c1-19-8-5-9-20(16-19)24-22(11-6-12-23(24)26)25(29,13-3-4-15-30-2)21-10-7-14-27(17-21)18-28/h5-6,8-9,11-12,16,18,21,29H,3-4,7,10,13-15,17H2,1-2H3/t21?,25-/m0/s1. The molecule has 2 aromatic rings. The van der Waals surface area contributed by atoms with Gasteiger partial charge < -0.3 is 14.7 Å². The van der Waals surface area contributed by atoms with Crippen LogP contribution < -0.4 is 0 Å². The Hall–Kier alpha value is -2.24. The number of ether oxygens (including phenoxy) is 1. The molecule has 1 heterocycles. The van der Waals surface area contributed by atoms with Gasteiger partial charge in [-0.05, 0) is 56.2 Å². The fourth-order valence-corrected chi connectivity index (χ4v) is 4.67. The van der Waals surface area contributed by atoms with Gasteiger partial charge in [-0.1, -0.05) is 42.0 Å². The number of carbonyl (C=O) groups excluding carboxylic acids is 1. The lowest BCUT2D eigenvalue weighted by molar-refractivity contribution is -0.123. The smallest absolute Gasteiger partial charge is 0.209 e. The molecule has 2 atom stereocenters. The maximum atomic E-state index is 15.2. The molecule has 0 saturated carbocycles. The molecule has 0 aliphatic carbocycles. The van der Waals surface area contributed by atoms with E-state index in [1.807, 2.05) is 37.3 Å². The van der Waals surface area contributed by atoms with Crippen LogP contribution in [0.25, 0.3) is 11.1 Å². The number of rotatable bonds is 9. The number of nitrogens with zero attached hydrogens (tertiary/aromatic N) is 1. The molecule has 0 radical (unpaired) electrons. The number of amides is 1. The summed E-state index contributed by atoms with van der Waals surface area (Å²) in [5, 5.41) is 12.1. The molecule has 30 heavy (non-hydrogen) atoms. The Labute approximate surface area is 178 Å². The third-order valence-electron chi connectivity index (χ3n) is 6.22. The van der Waals surface area contributed by atoms with E-state index < -0.39 is 5.60 Å². The van der Waals surface area contributed by atoms with Crippen molar-refractivity contribution in [3.05, 3.63) is 59.4 Å². The van der Waals surface area contributed by atoms with Crippen LogP contribution in [0.15, 0.2) is 42.5 Å². The summed E-state index contributed by atoms with van der Waals surface area (Å²) in [5.41, 5.74) is 1.65. The highest BCUT2D eigenvalue weighted by molar-refractivity contribution is 5.70. The zero-order chi connectivity index (χ0) is 21.6. The van der Waals surface area contributed by atoms with E-state index in [0.29, 0.717) is 37.2 Å². The van der Waals surface area contributed by atoms with Crippen molar-refractivity contribution in [2.24, 2.45) is 5.92 Å². The lowest BCUT2D eigenvalue weighted by Crippen LogP contribution is -2.46. The SMILES string of the molecule is COCCCC[C@@](O)(c1cccc(F)c1-c1cccc(C)c1)C1CCCN(C=O)C1. The molecular weight excluding hydrogens is 381 g/mol. The molecule has 3 rings (SSSR count). The lowest BCUT2D eigenvalue weighted by Gasteiger charge is -2.43. The minimum atomic E-state index is -1.23. The summed E-state index contributed by atoms with van der Waals surface area (Å²) in [4.78, 5) is 13.1. The van der Waals surface area contributed by atoms with Crippen LogP contribution >= 0.6 is 0 Å². The molecule has 1 aliphatic heterocycles. The van der Waals surface area contributed by atoms with Gasteiger partial charge in [0.25, 0.3) is 0 Å². The van der Waals surface area contributed by atoms with Crippen molar-refractivity contribution < 1.29 is 19.0 Å². The Kier molecular flexibility index (Phi) is 7.62. The first-order valence-corrected chi connectivity index (χ1v) is 10.8. The maximum absolute atomic E-state index is 15.2. The first kappa shape index (κ1) is 22.4. The van der Waals surface area contributed by atoms with Crippen molar-refractivity contribution >= 4 is 6.41 Å². The summed E-state index contributed by atoms with van der Waals surface area (Å²) >= 11 is 0. The van der Waals surface area contributed by atoms with Gasteiger partial charge in [-0.3, -0.25) is 4.79 Å². The van der Waals surface area contributed by atoms with Crippen LogP contribution in [-0.2, 0) is 15.1 Å². The highest BCUT2D eigenvalue weighted by Gasteiger charge is 2.42. The van der Waals surface area contributed by atoms with Crippen LogP contribution in [0.3, 0.4) is 0 Å². The number of aryl methyl sites for hydroxylation is 1. The van der Waals surface area contributed by atoms with E-state index in [0.717, 1.165) is 43.2 Å². The van der Waals surface area contributed by atoms with Crippen molar-refractivity contribution in [3.63, 3.8) is 0 Å². The molecule has 5 heteroatoms. The first-order chi connectivity index (χ1) is 14.5. The van der Waals surface area contributed by atoms with Crippen LogP contribution in [-0.4, -0.2) is 43.2 Å². The van der Waals surface area contributed by atoms with Crippen molar-refractivity contribution in [2.45, 2.75) is 44.6 Å². The average Bonchev–Trinajstić information content (AvgIpc) is 2.76. The summed E-state index contributed by atoms with van der Waals surface area (Å²) < 4.78 is 20.3. The van der Waals surface area contributed by atoms with Gasteiger partial charge in [0.2, 0.25) is 6.41 Å². The summed E-state index contributed by atoms with van der Waals surface area (Å²) in [6, 6.07) is 12.7. The zero-order valence-electron chi connectivity index (χ0n) is 17.9. The van der Waals surface area contributed by atoms with Crippen LogP contribution in [0.4, 0.5) is 4.39 Å². The summed E-state index contributed by atoms with van der Waals surface area (Å²) in [7, 11) is 1.66. The fourth-order valence-electron chi connectivity index (χ4n) is 4.67. The highest BCUT2D eigenvalue weighted by Crippen LogP contribution is 2.44. The number of likely N-dealkylation sites (tertiary alicyclic amines) is 1. The molecular formula is C25H32FNO3. The van der Waals surface area contributed by atoms with Crippen molar-refractivity contribution in [2.75, 3.05) is 26.8 Å². The number of piperidine rings is 1. The molecule has 1 N–H and O–H groups in total. The monoisotopic (exact) mass is 413 g/mol. The van der Waals surface area contributed by atoms with Gasteiger partial charge in [-0.25, -0.2) is 4.39 Å². The molecule has 4 nitrogen and oxygen atoms in total. The fraction of sp³-hybridized carbons (Fsp3) is 0.480.